The lowest BCUT2D eigenvalue weighted by molar-refractivity contribution is 0.436. The van der Waals surface area contributed by atoms with E-state index in [9.17, 15) is 0 Å². The fraction of sp³-hybridized carbons (Fsp3) is 0.0794. The molecule has 0 saturated carbocycles. The average Bonchev–Trinajstić information content (AvgIpc) is 3.86. The molecular weight excluding hydrogens is 787 g/mol. The minimum absolute atomic E-state index is 0.299. The van der Waals surface area contributed by atoms with E-state index in [0.29, 0.717) is 5.92 Å². The quantitative estimate of drug-likeness (QED) is 0.149. The van der Waals surface area contributed by atoms with Crippen LogP contribution in [0.1, 0.15) is 51.3 Å². The van der Waals surface area contributed by atoms with E-state index in [1.807, 2.05) is 0 Å². The van der Waals surface area contributed by atoms with Gasteiger partial charge in [0.2, 0.25) is 0 Å². The highest BCUT2D eigenvalue weighted by molar-refractivity contribution is 6.09. The predicted octanol–water partition coefficient (Wildman–Crippen LogP) is 16.0. The molecule has 0 amide bonds. The molecule has 0 bridgehead atoms. The molecule has 13 rings (SSSR count). The van der Waals surface area contributed by atoms with Gasteiger partial charge < -0.3 is 9.30 Å². The van der Waals surface area contributed by atoms with Crippen molar-refractivity contribution in [1.82, 2.24) is 4.57 Å². The van der Waals surface area contributed by atoms with E-state index in [4.69, 9.17) is 4.74 Å². The van der Waals surface area contributed by atoms with Gasteiger partial charge in [0.1, 0.15) is 11.5 Å². The molecule has 10 aromatic carbocycles. The van der Waals surface area contributed by atoms with Crippen molar-refractivity contribution < 1.29 is 4.74 Å². The Morgan fingerprint density at radius 2 is 1.06 bits per heavy atom. The summed E-state index contributed by atoms with van der Waals surface area (Å²) >= 11 is 0. The zero-order chi connectivity index (χ0) is 42.9. The van der Waals surface area contributed by atoms with Crippen LogP contribution >= 0.6 is 0 Å². The molecule has 65 heavy (non-hydrogen) atoms. The van der Waals surface area contributed by atoms with Crippen molar-refractivity contribution in [1.29, 1.82) is 0 Å². The Kier molecular flexibility index (Phi) is 8.74. The highest BCUT2D eigenvalue weighted by Crippen LogP contribution is 2.63. The van der Waals surface area contributed by atoms with Gasteiger partial charge in [-0.1, -0.05) is 188 Å². The number of ether oxygens (including phenoxy) is 1. The highest BCUT2D eigenvalue weighted by Gasteiger charge is 2.51. The summed E-state index contributed by atoms with van der Waals surface area (Å²) in [5, 5.41) is 5.14. The summed E-state index contributed by atoms with van der Waals surface area (Å²) in [4.78, 5) is 0. The molecule has 308 valence electrons. The molecule has 0 saturated heterocycles. The van der Waals surface area contributed by atoms with Gasteiger partial charge in [0.25, 0.3) is 0 Å². The van der Waals surface area contributed by atoms with Crippen molar-refractivity contribution in [2.24, 2.45) is 0 Å². The molecule has 0 fully saturated rings. The lowest BCUT2D eigenvalue weighted by Crippen LogP contribution is -2.32. The molecule has 11 aromatic rings. The molecule has 1 aliphatic carbocycles. The monoisotopic (exact) mass is 831 g/mol. The van der Waals surface area contributed by atoms with Gasteiger partial charge in [-0.25, -0.2) is 0 Å². The Morgan fingerprint density at radius 1 is 0.431 bits per heavy atom. The Bertz CT molecular complexity index is 3560. The molecule has 2 nitrogen and oxygen atoms in total. The highest BCUT2D eigenvalue weighted by atomic mass is 16.5. The topological polar surface area (TPSA) is 14.2 Å². The number of hydrogen-bond acceptors (Lipinski definition) is 1. The average molecular weight is 832 g/mol. The fourth-order valence-electron chi connectivity index (χ4n) is 11.5. The van der Waals surface area contributed by atoms with Gasteiger partial charge in [-0.2, -0.15) is 0 Å². The van der Waals surface area contributed by atoms with Gasteiger partial charge in [0, 0.05) is 27.6 Å². The summed E-state index contributed by atoms with van der Waals surface area (Å²) < 4.78 is 9.11. The van der Waals surface area contributed by atoms with Crippen molar-refractivity contribution >= 4 is 32.6 Å². The first-order valence-electron chi connectivity index (χ1n) is 23.0. The summed E-state index contributed by atoms with van der Waals surface area (Å²) in [6.07, 6.45) is 2.89. The zero-order valence-corrected chi connectivity index (χ0v) is 36.0. The Morgan fingerprint density at radius 3 is 1.85 bits per heavy atom. The molecule has 2 aliphatic rings. The third kappa shape index (κ3) is 5.94. The summed E-state index contributed by atoms with van der Waals surface area (Å²) in [7, 11) is 0. The first kappa shape index (κ1) is 37.6. The normalized spacial score (nSPS) is 13.6. The third-order valence-electron chi connectivity index (χ3n) is 14.4. The second kappa shape index (κ2) is 15.1. The predicted molar refractivity (Wildman–Crippen MR) is 269 cm³/mol. The maximum Gasteiger partial charge on any atom is 0.132 e. The number of aryl methyl sites for hydroxylation is 1. The smallest absolute Gasteiger partial charge is 0.132 e. The Labute approximate surface area is 379 Å². The Hall–Kier alpha value is -7.94. The van der Waals surface area contributed by atoms with Gasteiger partial charge in [0.05, 0.1) is 16.4 Å². The van der Waals surface area contributed by atoms with Crippen LogP contribution in [-0.4, -0.2) is 4.57 Å². The van der Waals surface area contributed by atoms with Crippen LogP contribution in [0.4, 0.5) is 0 Å². The van der Waals surface area contributed by atoms with E-state index in [-0.39, 0.29) is 0 Å². The van der Waals surface area contributed by atoms with Crippen molar-refractivity contribution in [2.75, 3.05) is 0 Å². The van der Waals surface area contributed by atoms with Gasteiger partial charge >= 0.3 is 0 Å². The van der Waals surface area contributed by atoms with E-state index >= 15 is 0 Å². The lowest BCUT2D eigenvalue weighted by Gasteiger charge is -2.39. The molecule has 2 heterocycles. The summed E-state index contributed by atoms with van der Waals surface area (Å²) in [5.74, 6) is 2.14. The van der Waals surface area contributed by atoms with E-state index in [1.165, 1.54) is 99.5 Å². The van der Waals surface area contributed by atoms with Crippen LogP contribution in [0.25, 0.3) is 60.5 Å². The first-order valence-corrected chi connectivity index (χ1v) is 23.0. The minimum atomic E-state index is -0.517. The van der Waals surface area contributed by atoms with E-state index in [0.717, 1.165) is 30.8 Å². The summed E-state index contributed by atoms with van der Waals surface area (Å²) in [6.45, 7) is 0. The number of nitrogens with zero attached hydrogens (tertiary/aromatic N) is 1. The number of hydrogen-bond donors (Lipinski definition) is 0. The number of benzene rings is 10. The fourth-order valence-corrected chi connectivity index (χ4v) is 11.5. The standard InChI is InChI=1S/C63H45NO/c1-3-15-44(16-4-1)45-31-33-46(34-32-45)48(39-43-29-38-59-53(40-43)51-21-9-12-24-58(51)64(59)49-18-5-2-6-19-49)30-27-42-28-36-52-57(41-42)63(56-37-35-47-17-7-8-20-50(47)62(52)56)54-22-10-13-25-60(54)65-61-26-14-11-23-55(61)63/h1-26,28-29,31-38,40-41,48H,27,30,39H2. The maximum atomic E-state index is 6.71. The molecule has 0 N–H and O–H groups in total. The van der Waals surface area contributed by atoms with Crippen LogP contribution in [-0.2, 0) is 18.3 Å². The third-order valence-corrected chi connectivity index (χ3v) is 14.4. The molecule has 1 unspecified atom stereocenters. The molecular formula is C63H45NO. The van der Waals surface area contributed by atoms with Gasteiger partial charge in [0.15, 0.2) is 0 Å². The lowest BCUT2D eigenvalue weighted by atomic mass is 9.66. The van der Waals surface area contributed by atoms with Crippen LogP contribution in [0.5, 0.6) is 11.5 Å². The van der Waals surface area contributed by atoms with Crippen LogP contribution in [0.2, 0.25) is 0 Å². The zero-order valence-electron chi connectivity index (χ0n) is 36.0. The van der Waals surface area contributed by atoms with Crippen molar-refractivity contribution in [3.63, 3.8) is 0 Å². The molecule has 1 aliphatic heterocycles. The van der Waals surface area contributed by atoms with Gasteiger partial charge in [-0.15, -0.1) is 0 Å². The molecule has 0 radical (unpaired) electrons. The van der Waals surface area contributed by atoms with Crippen LogP contribution < -0.4 is 4.74 Å². The Balaban J connectivity index is 0.924. The van der Waals surface area contributed by atoms with Gasteiger partial charge in [-0.3, -0.25) is 0 Å². The molecule has 1 atom stereocenters. The van der Waals surface area contributed by atoms with Crippen molar-refractivity contribution in [3.8, 4) is 39.4 Å². The second-order valence-electron chi connectivity index (χ2n) is 17.9. The van der Waals surface area contributed by atoms with E-state index in [2.05, 4.69) is 235 Å². The molecule has 1 spiro atoms. The molecule has 1 aromatic heterocycles. The number of fused-ring (bicyclic) bond motifs is 14. The maximum absolute atomic E-state index is 6.71. The largest absolute Gasteiger partial charge is 0.457 e. The minimum Gasteiger partial charge on any atom is -0.457 e. The summed E-state index contributed by atoms with van der Waals surface area (Å²) in [6, 6.07) is 85.2. The van der Waals surface area contributed by atoms with Crippen LogP contribution in [0.15, 0.2) is 231 Å². The summed E-state index contributed by atoms with van der Waals surface area (Å²) in [5.41, 5.74) is 17.4. The van der Waals surface area contributed by atoms with E-state index in [1.54, 1.807) is 0 Å². The van der Waals surface area contributed by atoms with Crippen LogP contribution in [0.3, 0.4) is 0 Å². The molecule has 2 heteroatoms. The number of para-hydroxylation sites is 4. The number of aromatic nitrogens is 1. The first-order chi connectivity index (χ1) is 32.2. The SMILES string of the molecule is c1ccc(-c2ccc(C(CCc3ccc4c(c3)C3(c5ccccc5Oc5ccccc53)c3ccc5ccccc5c3-4)Cc3ccc4c(c3)c3ccccc3n4-c3ccccc3)cc2)cc1. The van der Waals surface area contributed by atoms with Gasteiger partial charge in [-0.05, 0) is 128 Å². The van der Waals surface area contributed by atoms with Crippen molar-refractivity contribution in [3.05, 3.63) is 269 Å². The second-order valence-corrected chi connectivity index (χ2v) is 17.9. The van der Waals surface area contributed by atoms with E-state index < -0.39 is 5.41 Å². The van der Waals surface area contributed by atoms with Crippen molar-refractivity contribution in [2.45, 2.75) is 30.6 Å². The van der Waals surface area contributed by atoms with Crippen LogP contribution in [0, 0.1) is 0 Å². The number of rotatable bonds is 8.